The van der Waals surface area contributed by atoms with Crippen LogP contribution in [0.2, 0.25) is 0 Å². The van der Waals surface area contributed by atoms with Gasteiger partial charge in [-0.1, -0.05) is 56.3 Å². The normalized spacial score (nSPS) is 11.5. The lowest BCUT2D eigenvalue weighted by molar-refractivity contribution is -0.148. The summed E-state index contributed by atoms with van der Waals surface area (Å²) in [5.74, 6) is -0.339. The number of benzene rings is 2. The van der Waals surface area contributed by atoms with Gasteiger partial charge in [0.25, 0.3) is 5.91 Å². The fourth-order valence-corrected chi connectivity index (χ4v) is 2.97. The topological polar surface area (TPSA) is 96.5 Å². The first-order chi connectivity index (χ1) is 14.8. The van der Waals surface area contributed by atoms with Crippen LogP contribution in [-0.4, -0.2) is 31.1 Å². The molecule has 0 heterocycles. The average Bonchev–Trinajstić information content (AvgIpc) is 2.73. The summed E-state index contributed by atoms with van der Waals surface area (Å²) >= 11 is 0. The highest BCUT2D eigenvalue weighted by Gasteiger charge is 2.12. The number of urea groups is 1. The molecule has 0 aliphatic rings. The van der Waals surface area contributed by atoms with Crippen LogP contribution in [0.15, 0.2) is 54.6 Å². The highest BCUT2D eigenvalue weighted by atomic mass is 16.5. The van der Waals surface area contributed by atoms with Gasteiger partial charge in [-0.25, -0.2) is 4.79 Å². The number of carbonyl (C=O) groups excluding carboxylic acids is 3. The van der Waals surface area contributed by atoms with E-state index in [1.807, 2.05) is 25.1 Å². The van der Waals surface area contributed by atoms with Crippen molar-refractivity contribution in [2.24, 2.45) is 5.92 Å². The molecule has 0 aliphatic heterocycles. The highest BCUT2D eigenvalue weighted by Crippen LogP contribution is 2.15. The Kier molecular flexibility index (Phi) is 9.55. The van der Waals surface area contributed by atoms with Crippen molar-refractivity contribution in [1.29, 1.82) is 0 Å². The van der Waals surface area contributed by atoms with Crippen molar-refractivity contribution in [2.75, 3.05) is 18.5 Å². The van der Waals surface area contributed by atoms with Crippen LogP contribution >= 0.6 is 0 Å². The van der Waals surface area contributed by atoms with E-state index in [4.69, 9.17) is 4.74 Å². The Labute approximate surface area is 183 Å². The second-order valence-corrected chi connectivity index (χ2v) is 7.79. The van der Waals surface area contributed by atoms with Crippen molar-refractivity contribution in [1.82, 2.24) is 10.6 Å². The molecule has 166 valence electrons. The molecule has 0 saturated carbocycles. The smallest absolute Gasteiger partial charge is 0.319 e. The van der Waals surface area contributed by atoms with Gasteiger partial charge in [0.1, 0.15) is 0 Å². The van der Waals surface area contributed by atoms with E-state index in [2.05, 4.69) is 41.9 Å². The first-order valence-electron chi connectivity index (χ1n) is 10.5. The third-order valence-electron chi connectivity index (χ3n) is 4.51. The molecule has 0 saturated heterocycles. The molecule has 2 aromatic carbocycles. The monoisotopic (exact) mass is 425 g/mol. The molecule has 3 amide bonds. The van der Waals surface area contributed by atoms with E-state index < -0.39 is 12.0 Å². The van der Waals surface area contributed by atoms with Crippen molar-refractivity contribution in [2.45, 2.75) is 39.7 Å². The van der Waals surface area contributed by atoms with Crippen molar-refractivity contribution in [3.05, 3.63) is 65.7 Å². The minimum absolute atomic E-state index is 0.0254. The van der Waals surface area contributed by atoms with Gasteiger partial charge in [-0.15, -0.1) is 0 Å². The summed E-state index contributed by atoms with van der Waals surface area (Å²) < 4.78 is 4.98. The Morgan fingerprint density at radius 2 is 1.61 bits per heavy atom. The van der Waals surface area contributed by atoms with E-state index in [-0.39, 0.29) is 31.5 Å². The molecule has 31 heavy (non-hydrogen) atoms. The summed E-state index contributed by atoms with van der Waals surface area (Å²) in [7, 11) is 0. The van der Waals surface area contributed by atoms with Crippen LogP contribution in [0.25, 0.3) is 0 Å². The molecule has 0 fully saturated rings. The Morgan fingerprint density at radius 1 is 0.935 bits per heavy atom. The summed E-state index contributed by atoms with van der Waals surface area (Å²) in [6.45, 7) is 5.98. The van der Waals surface area contributed by atoms with Crippen molar-refractivity contribution in [3.8, 4) is 0 Å². The van der Waals surface area contributed by atoms with Gasteiger partial charge in [-0.3, -0.25) is 9.59 Å². The Bertz CT molecular complexity index is 851. The summed E-state index contributed by atoms with van der Waals surface area (Å²) in [6, 6.07) is 16.5. The summed E-state index contributed by atoms with van der Waals surface area (Å²) in [4.78, 5) is 35.6. The largest absolute Gasteiger partial charge is 0.456 e. The van der Waals surface area contributed by atoms with E-state index in [0.717, 1.165) is 12.0 Å². The van der Waals surface area contributed by atoms with Gasteiger partial charge < -0.3 is 20.7 Å². The van der Waals surface area contributed by atoms with E-state index in [1.54, 1.807) is 24.3 Å². The first kappa shape index (κ1) is 23.9. The van der Waals surface area contributed by atoms with Crippen LogP contribution in [0, 0.1) is 5.92 Å². The second-order valence-electron chi connectivity index (χ2n) is 7.79. The molecule has 3 N–H and O–H groups in total. The van der Waals surface area contributed by atoms with Crippen molar-refractivity contribution >= 4 is 23.6 Å². The van der Waals surface area contributed by atoms with E-state index in [0.29, 0.717) is 11.6 Å². The lowest BCUT2D eigenvalue weighted by Crippen LogP contribution is -2.33. The number of amides is 3. The number of carbonyl (C=O) groups is 3. The molecule has 0 aliphatic carbocycles. The van der Waals surface area contributed by atoms with E-state index in [1.165, 1.54) is 5.56 Å². The van der Waals surface area contributed by atoms with E-state index >= 15 is 0 Å². The van der Waals surface area contributed by atoms with Crippen molar-refractivity contribution < 1.29 is 19.1 Å². The minimum atomic E-state index is -0.555. The summed E-state index contributed by atoms with van der Waals surface area (Å²) in [5.41, 5.74) is 2.90. The zero-order valence-corrected chi connectivity index (χ0v) is 18.3. The lowest BCUT2D eigenvalue weighted by Gasteiger charge is -2.15. The number of ether oxygens (including phenoxy) is 1. The molecule has 0 bridgehead atoms. The summed E-state index contributed by atoms with van der Waals surface area (Å²) in [5, 5.41) is 8.03. The van der Waals surface area contributed by atoms with Gasteiger partial charge >= 0.3 is 12.0 Å². The quantitative estimate of drug-likeness (QED) is 0.504. The maximum Gasteiger partial charge on any atom is 0.319 e. The fourth-order valence-electron chi connectivity index (χ4n) is 2.97. The molecule has 0 spiro atoms. The van der Waals surface area contributed by atoms with Crippen LogP contribution in [0.3, 0.4) is 0 Å². The molecule has 0 unspecified atom stereocenters. The average molecular weight is 426 g/mol. The first-order valence-corrected chi connectivity index (χ1v) is 10.5. The number of anilines is 1. The predicted octanol–water partition coefficient (Wildman–Crippen LogP) is 3.82. The third-order valence-corrected chi connectivity index (χ3v) is 4.51. The molecule has 0 radical (unpaired) electrons. The number of esters is 1. The third kappa shape index (κ3) is 9.33. The van der Waals surface area contributed by atoms with Crippen LogP contribution in [0.5, 0.6) is 0 Å². The molecule has 2 rings (SSSR count). The van der Waals surface area contributed by atoms with Gasteiger partial charge in [0.2, 0.25) is 0 Å². The molecule has 1 atom stereocenters. The molecule has 0 aromatic heterocycles. The van der Waals surface area contributed by atoms with Gasteiger partial charge in [0.05, 0.1) is 12.5 Å². The van der Waals surface area contributed by atoms with Crippen LogP contribution in [-0.2, 0) is 20.7 Å². The summed E-state index contributed by atoms with van der Waals surface area (Å²) in [6.07, 6.45) is 0.988. The van der Waals surface area contributed by atoms with Gasteiger partial charge in [0.15, 0.2) is 6.61 Å². The zero-order chi connectivity index (χ0) is 22.6. The van der Waals surface area contributed by atoms with E-state index in [9.17, 15) is 14.4 Å². The molecular formula is C24H31N3O4. The van der Waals surface area contributed by atoms with Gasteiger partial charge in [0, 0.05) is 12.2 Å². The number of hydrogen-bond donors (Lipinski definition) is 3. The Hall–Kier alpha value is -3.35. The second kappa shape index (κ2) is 12.4. The van der Waals surface area contributed by atoms with Crippen LogP contribution in [0.4, 0.5) is 10.5 Å². The molecule has 2 aromatic rings. The molecule has 7 nitrogen and oxygen atoms in total. The standard InChI is InChI=1S/C24H31N3O4/c1-17(2)15-19-9-11-20(12-10-19)18(3)26-22(28)16-31-23(29)13-14-25-24(30)27-21-7-5-4-6-8-21/h4-12,17-18H,13-16H2,1-3H3,(H,26,28)(H2,25,27,30)/t18-/m0/s1. The van der Waals surface area contributed by atoms with Gasteiger partial charge in [-0.2, -0.15) is 0 Å². The van der Waals surface area contributed by atoms with Crippen LogP contribution < -0.4 is 16.0 Å². The Morgan fingerprint density at radius 3 is 2.26 bits per heavy atom. The van der Waals surface area contributed by atoms with Crippen LogP contribution in [0.1, 0.15) is 44.4 Å². The lowest BCUT2D eigenvalue weighted by atomic mass is 10.00. The SMILES string of the molecule is CC(C)Cc1ccc([C@H](C)NC(=O)COC(=O)CCNC(=O)Nc2ccccc2)cc1. The number of nitrogens with one attached hydrogen (secondary N) is 3. The van der Waals surface area contributed by atoms with Gasteiger partial charge in [-0.05, 0) is 42.5 Å². The number of para-hydroxylation sites is 1. The Balaban J connectivity index is 1.63. The number of hydrogen-bond acceptors (Lipinski definition) is 4. The maximum atomic E-state index is 12.1. The maximum absolute atomic E-state index is 12.1. The zero-order valence-electron chi connectivity index (χ0n) is 18.3. The highest BCUT2D eigenvalue weighted by molar-refractivity contribution is 5.89. The molecular weight excluding hydrogens is 394 g/mol. The van der Waals surface area contributed by atoms with Crippen molar-refractivity contribution in [3.63, 3.8) is 0 Å². The number of rotatable bonds is 10. The predicted molar refractivity (Wildman–Crippen MR) is 121 cm³/mol. The minimum Gasteiger partial charge on any atom is -0.456 e. The molecule has 7 heteroatoms. The fraction of sp³-hybridized carbons (Fsp3) is 0.375.